The molecule has 21 heavy (non-hydrogen) atoms. The highest BCUT2D eigenvalue weighted by Crippen LogP contribution is 2.35. The molecule has 1 heterocycles. The molecule has 0 bridgehead atoms. The van der Waals surface area contributed by atoms with Gasteiger partial charge in [-0.2, -0.15) is 0 Å². The molecule has 4 fully saturated rings. The van der Waals surface area contributed by atoms with E-state index in [1.807, 2.05) is 0 Å². The SMILES string of the molecule is C1CCC(O[C@H]2CCCC[C@H]2N2CCN[C@@H]3CCC[C@@H]32)C1. The summed E-state index contributed by atoms with van der Waals surface area (Å²) in [4.78, 5) is 2.87. The summed E-state index contributed by atoms with van der Waals surface area (Å²) in [7, 11) is 0. The molecule has 0 amide bonds. The van der Waals surface area contributed by atoms with E-state index in [4.69, 9.17) is 4.74 Å². The lowest BCUT2D eigenvalue weighted by Gasteiger charge is -2.47. The molecule has 120 valence electrons. The molecule has 0 radical (unpaired) electrons. The number of nitrogens with zero attached hydrogens (tertiary/aromatic N) is 1. The number of piperazine rings is 1. The minimum Gasteiger partial charge on any atom is -0.373 e. The van der Waals surface area contributed by atoms with E-state index in [-0.39, 0.29) is 0 Å². The summed E-state index contributed by atoms with van der Waals surface area (Å²) in [6, 6.07) is 2.29. The van der Waals surface area contributed by atoms with Gasteiger partial charge in [0.05, 0.1) is 12.2 Å². The van der Waals surface area contributed by atoms with Gasteiger partial charge >= 0.3 is 0 Å². The van der Waals surface area contributed by atoms with Crippen LogP contribution >= 0.6 is 0 Å². The number of rotatable bonds is 3. The Labute approximate surface area is 129 Å². The molecule has 1 saturated heterocycles. The van der Waals surface area contributed by atoms with Crippen molar-refractivity contribution in [3.63, 3.8) is 0 Å². The van der Waals surface area contributed by atoms with Gasteiger partial charge in [-0.1, -0.05) is 32.1 Å². The van der Waals surface area contributed by atoms with Gasteiger partial charge in [-0.25, -0.2) is 0 Å². The van der Waals surface area contributed by atoms with E-state index < -0.39 is 0 Å². The normalized spacial score (nSPS) is 42.3. The van der Waals surface area contributed by atoms with Gasteiger partial charge in [0, 0.05) is 31.2 Å². The van der Waals surface area contributed by atoms with Crippen molar-refractivity contribution in [1.29, 1.82) is 0 Å². The number of fused-ring (bicyclic) bond motifs is 1. The molecule has 0 aromatic carbocycles. The Hall–Kier alpha value is -0.120. The molecule has 3 heteroatoms. The quantitative estimate of drug-likeness (QED) is 0.865. The summed E-state index contributed by atoms with van der Waals surface area (Å²) >= 11 is 0. The molecule has 0 unspecified atom stereocenters. The molecule has 4 aliphatic rings. The van der Waals surface area contributed by atoms with E-state index in [2.05, 4.69) is 10.2 Å². The molecule has 0 aromatic heterocycles. The summed E-state index contributed by atoms with van der Waals surface area (Å²) in [5, 5.41) is 3.76. The fourth-order valence-corrected chi connectivity index (χ4v) is 5.42. The fraction of sp³-hybridized carbons (Fsp3) is 1.00. The molecule has 3 aliphatic carbocycles. The molecule has 0 spiro atoms. The Morgan fingerprint density at radius 2 is 1.52 bits per heavy atom. The first-order valence-corrected chi connectivity index (χ1v) is 9.56. The molecule has 3 nitrogen and oxygen atoms in total. The highest BCUT2D eigenvalue weighted by Gasteiger charge is 2.42. The van der Waals surface area contributed by atoms with Gasteiger partial charge in [0.25, 0.3) is 0 Å². The monoisotopic (exact) mass is 292 g/mol. The maximum absolute atomic E-state index is 6.60. The largest absolute Gasteiger partial charge is 0.373 e. The molecule has 4 rings (SSSR count). The van der Waals surface area contributed by atoms with Crippen LogP contribution in [0.3, 0.4) is 0 Å². The highest BCUT2D eigenvalue weighted by molar-refractivity contribution is 4.99. The third-order valence-electron chi connectivity index (χ3n) is 6.45. The molecule has 0 aromatic rings. The van der Waals surface area contributed by atoms with Crippen molar-refractivity contribution in [3.8, 4) is 0 Å². The van der Waals surface area contributed by atoms with Gasteiger partial charge in [0.1, 0.15) is 0 Å². The van der Waals surface area contributed by atoms with Crippen LogP contribution in [-0.2, 0) is 4.74 Å². The van der Waals surface area contributed by atoms with Gasteiger partial charge in [-0.05, 0) is 38.5 Å². The van der Waals surface area contributed by atoms with Gasteiger partial charge in [-0.3, -0.25) is 4.90 Å². The summed E-state index contributed by atoms with van der Waals surface area (Å²) in [5.74, 6) is 0. The summed E-state index contributed by atoms with van der Waals surface area (Å²) in [6.45, 7) is 2.43. The molecule has 1 aliphatic heterocycles. The summed E-state index contributed by atoms with van der Waals surface area (Å²) in [5.41, 5.74) is 0. The summed E-state index contributed by atoms with van der Waals surface area (Å²) in [6.07, 6.45) is 16.2. The number of hydrogen-bond donors (Lipinski definition) is 1. The number of ether oxygens (including phenoxy) is 1. The van der Waals surface area contributed by atoms with E-state index in [9.17, 15) is 0 Å². The van der Waals surface area contributed by atoms with Crippen molar-refractivity contribution in [3.05, 3.63) is 0 Å². The molecular weight excluding hydrogens is 260 g/mol. The third-order valence-corrected chi connectivity index (χ3v) is 6.45. The lowest BCUT2D eigenvalue weighted by molar-refractivity contribution is -0.0875. The van der Waals surface area contributed by atoms with Crippen LogP contribution in [0.2, 0.25) is 0 Å². The zero-order chi connectivity index (χ0) is 14.1. The van der Waals surface area contributed by atoms with Crippen LogP contribution in [0.25, 0.3) is 0 Å². The Morgan fingerprint density at radius 1 is 0.762 bits per heavy atom. The van der Waals surface area contributed by atoms with Crippen LogP contribution in [-0.4, -0.2) is 48.3 Å². The molecular formula is C18H32N2O. The first kappa shape index (κ1) is 14.5. The second-order valence-electron chi connectivity index (χ2n) is 7.73. The lowest BCUT2D eigenvalue weighted by atomic mass is 9.88. The fourth-order valence-electron chi connectivity index (χ4n) is 5.42. The number of nitrogens with one attached hydrogen (secondary N) is 1. The Morgan fingerprint density at radius 3 is 2.43 bits per heavy atom. The van der Waals surface area contributed by atoms with Crippen molar-refractivity contribution in [1.82, 2.24) is 10.2 Å². The highest BCUT2D eigenvalue weighted by atomic mass is 16.5. The van der Waals surface area contributed by atoms with Crippen molar-refractivity contribution in [2.24, 2.45) is 0 Å². The van der Waals surface area contributed by atoms with Gasteiger partial charge in [-0.15, -0.1) is 0 Å². The van der Waals surface area contributed by atoms with Crippen LogP contribution in [0.4, 0.5) is 0 Å². The van der Waals surface area contributed by atoms with E-state index in [1.165, 1.54) is 83.7 Å². The zero-order valence-electron chi connectivity index (χ0n) is 13.4. The maximum Gasteiger partial charge on any atom is 0.0734 e. The zero-order valence-corrected chi connectivity index (χ0v) is 13.4. The second-order valence-corrected chi connectivity index (χ2v) is 7.73. The summed E-state index contributed by atoms with van der Waals surface area (Å²) < 4.78 is 6.60. The van der Waals surface area contributed by atoms with E-state index in [1.54, 1.807) is 0 Å². The van der Waals surface area contributed by atoms with E-state index >= 15 is 0 Å². The van der Waals surface area contributed by atoms with Crippen LogP contribution in [0.15, 0.2) is 0 Å². The van der Waals surface area contributed by atoms with Crippen molar-refractivity contribution < 1.29 is 4.74 Å². The molecule has 4 atom stereocenters. The third kappa shape index (κ3) is 3.02. The van der Waals surface area contributed by atoms with Crippen LogP contribution in [0, 0.1) is 0 Å². The van der Waals surface area contributed by atoms with Crippen molar-refractivity contribution in [2.75, 3.05) is 13.1 Å². The van der Waals surface area contributed by atoms with E-state index in [0.717, 1.165) is 12.1 Å². The van der Waals surface area contributed by atoms with Gasteiger partial charge < -0.3 is 10.1 Å². The van der Waals surface area contributed by atoms with Crippen molar-refractivity contribution >= 4 is 0 Å². The van der Waals surface area contributed by atoms with Gasteiger partial charge in [0.2, 0.25) is 0 Å². The minimum absolute atomic E-state index is 0.529. The Balaban J connectivity index is 1.44. The number of hydrogen-bond acceptors (Lipinski definition) is 3. The van der Waals surface area contributed by atoms with Crippen LogP contribution in [0.5, 0.6) is 0 Å². The topological polar surface area (TPSA) is 24.5 Å². The average Bonchev–Trinajstić information content (AvgIpc) is 3.18. The predicted molar refractivity (Wildman–Crippen MR) is 85.5 cm³/mol. The minimum atomic E-state index is 0.529. The Kier molecular flexibility index (Phi) is 4.52. The first-order chi connectivity index (χ1) is 10.4. The predicted octanol–water partition coefficient (Wildman–Crippen LogP) is 3.08. The van der Waals surface area contributed by atoms with Crippen LogP contribution < -0.4 is 5.32 Å². The van der Waals surface area contributed by atoms with Crippen molar-refractivity contribution in [2.45, 2.75) is 101 Å². The Bertz CT molecular complexity index is 342. The smallest absolute Gasteiger partial charge is 0.0734 e. The van der Waals surface area contributed by atoms with E-state index in [0.29, 0.717) is 18.2 Å². The molecule has 3 saturated carbocycles. The second kappa shape index (κ2) is 6.55. The first-order valence-electron chi connectivity index (χ1n) is 9.56. The van der Waals surface area contributed by atoms with Gasteiger partial charge in [0.15, 0.2) is 0 Å². The maximum atomic E-state index is 6.60. The standard InChI is InChI=1S/C18H32N2O/c1-2-7-14(6-1)21-18-11-4-3-9-17(18)20-13-12-19-15-8-5-10-16(15)20/h14-19H,1-13H2/t15-,16+,17-,18+/m1/s1. The lowest BCUT2D eigenvalue weighted by Crippen LogP contribution is -2.61. The average molecular weight is 292 g/mol. The van der Waals surface area contributed by atoms with Crippen LogP contribution in [0.1, 0.15) is 70.6 Å². The molecule has 1 N–H and O–H groups in total.